The zero-order valence-corrected chi connectivity index (χ0v) is 11.3. The van der Waals surface area contributed by atoms with Crippen molar-refractivity contribution in [3.8, 4) is 17.6 Å². The van der Waals surface area contributed by atoms with E-state index in [1.165, 1.54) is 19.5 Å². The van der Waals surface area contributed by atoms with Crippen LogP contribution in [0.4, 0.5) is 5.82 Å². The summed E-state index contributed by atoms with van der Waals surface area (Å²) in [5.41, 5.74) is 0.824. The fourth-order valence-electron chi connectivity index (χ4n) is 1.62. The normalized spacial score (nSPS) is 9.43. The van der Waals surface area contributed by atoms with E-state index in [1.54, 1.807) is 24.3 Å². The molecule has 0 bridgehead atoms. The third-order valence-electron chi connectivity index (χ3n) is 2.54. The van der Waals surface area contributed by atoms with Crippen molar-refractivity contribution in [1.82, 2.24) is 9.97 Å². The Balaban J connectivity index is 2.20. The van der Waals surface area contributed by atoms with E-state index in [4.69, 9.17) is 9.84 Å². The predicted molar refractivity (Wildman–Crippen MR) is 76.9 cm³/mol. The first-order chi connectivity index (χ1) is 10.2. The van der Waals surface area contributed by atoms with Gasteiger partial charge in [0.25, 0.3) is 5.91 Å². The van der Waals surface area contributed by atoms with Crippen LogP contribution in [-0.4, -0.2) is 34.7 Å². The van der Waals surface area contributed by atoms with Crippen LogP contribution in [0, 0.1) is 11.8 Å². The van der Waals surface area contributed by atoms with Crippen molar-refractivity contribution in [2.45, 2.75) is 0 Å². The quantitative estimate of drug-likeness (QED) is 0.823. The van der Waals surface area contributed by atoms with Crippen molar-refractivity contribution in [1.29, 1.82) is 0 Å². The van der Waals surface area contributed by atoms with Gasteiger partial charge in [-0.25, -0.2) is 4.98 Å². The molecule has 2 aromatic rings. The molecule has 1 amide bonds. The van der Waals surface area contributed by atoms with Crippen LogP contribution in [0.1, 0.15) is 16.1 Å². The van der Waals surface area contributed by atoms with Gasteiger partial charge in [-0.2, -0.15) is 0 Å². The van der Waals surface area contributed by atoms with E-state index < -0.39 is 0 Å². The van der Waals surface area contributed by atoms with Crippen LogP contribution in [0.5, 0.6) is 5.75 Å². The summed E-state index contributed by atoms with van der Waals surface area (Å²) >= 11 is 0. The number of hydrogen-bond acceptors (Lipinski definition) is 5. The zero-order chi connectivity index (χ0) is 15.1. The number of anilines is 1. The topological polar surface area (TPSA) is 84.3 Å². The van der Waals surface area contributed by atoms with E-state index >= 15 is 0 Å². The summed E-state index contributed by atoms with van der Waals surface area (Å²) < 4.78 is 5.09. The van der Waals surface area contributed by atoms with Gasteiger partial charge in [0.05, 0.1) is 18.9 Å². The van der Waals surface area contributed by atoms with Gasteiger partial charge in [0.2, 0.25) is 0 Å². The van der Waals surface area contributed by atoms with Gasteiger partial charge in [0.1, 0.15) is 23.9 Å². The van der Waals surface area contributed by atoms with Gasteiger partial charge in [-0.15, -0.1) is 0 Å². The van der Waals surface area contributed by atoms with Crippen LogP contribution in [0.3, 0.4) is 0 Å². The predicted octanol–water partition coefficient (Wildman–Crippen LogP) is 1.08. The van der Waals surface area contributed by atoms with Gasteiger partial charge in [0, 0.05) is 6.20 Å². The molecule has 0 atom stereocenters. The lowest BCUT2D eigenvalue weighted by Gasteiger charge is -2.08. The molecule has 6 heteroatoms. The molecule has 6 nitrogen and oxygen atoms in total. The Kier molecular flexibility index (Phi) is 4.85. The number of aliphatic hydroxyl groups is 1. The fourth-order valence-corrected chi connectivity index (χ4v) is 1.62. The van der Waals surface area contributed by atoms with Crippen LogP contribution in [-0.2, 0) is 0 Å². The molecule has 0 aromatic carbocycles. The molecular formula is C15H13N3O3. The maximum absolute atomic E-state index is 12.2. The lowest BCUT2D eigenvalue weighted by molar-refractivity contribution is 0.102. The van der Waals surface area contributed by atoms with Crippen LogP contribution < -0.4 is 10.1 Å². The highest BCUT2D eigenvalue weighted by molar-refractivity contribution is 6.05. The fraction of sp³-hybridized carbons (Fsp3) is 0.133. The van der Waals surface area contributed by atoms with Gasteiger partial charge < -0.3 is 15.2 Å². The number of hydrogen-bond donors (Lipinski definition) is 2. The van der Waals surface area contributed by atoms with Crippen molar-refractivity contribution < 1.29 is 14.6 Å². The Morgan fingerprint density at radius 1 is 1.43 bits per heavy atom. The summed E-state index contributed by atoms with van der Waals surface area (Å²) in [6.45, 7) is -0.244. The zero-order valence-electron chi connectivity index (χ0n) is 11.3. The molecule has 2 rings (SSSR count). The third-order valence-corrected chi connectivity index (χ3v) is 2.54. The molecule has 0 radical (unpaired) electrons. The van der Waals surface area contributed by atoms with E-state index in [-0.39, 0.29) is 12.5 Å². The number of nitrogens with zero attached hydrogens (tertiary/aromatic N) is 2. The van der Waals surface area contributed by atoms with Gasteiger partial charge in [0.15, 0.2) is 0 Å². The number of pyridine rings is 2. The first kappa shape index (κ1) is 14.5. The van der Waals surface area contributed by atoms with Gasteiger partial charge in [-0.1, -0.05) is 12.0 Å². The number of carbonyl (C=O) groups excluding carboxylic acids is 1. The van der Waals surface area contributed by atoms with Gasteiger partial charge >= 0.3 is 0 Å². The van der Waals surface area contributed by atoms with Crippen LogP contribution in [0.2, 0.25) is 0 Å². The van der Waals surface area contributed by atoms with Crippen molar-refractivity contribution in [2.24, 2.45) is 0 Å². The number of aromatic nitrogens is 2. The SMILES string of the molecule is COc1cnccc1C(=O)Nc1cccc(C#CCO)n1. The van der Waals surface area contributed by atoms with Crippen molar-refractivity contribution >= 4 is 11.7 Å². The standard InChI is InChI=1S/C15H13N3O3/c1-21-13-10-16-8-7-12(13)15(20)18-14-6-2-4-11(17-14)5-3-9-19/h2,4,6-8,10,19H,9H2,1H3,(H,17,18,20). The van der Waals surface area contributed by atoms with Crippen molar-refractivity contribution in [3.63, 3.8) is 0 Å². The summed E-state index contributed by atoms with van der Waals surface area (Å²) in [6, 6.07) is 6.61. The van der Waals surface area contributed by atoms with E-state index in [9.17, 15) is 4.79 Å². The van der Waals surface area contributed by atoms with Crippen LogP contribution in [0.15, 0.2) is 36.7 Å². The van der Waals surface area contributed by atoms with Crippen molar-refractivity contribution in [2.75, 3.05) is 19.0 Å². The molecule has 0 aliphatic carbocycles. The second-order valence-corrected chi connectivity index (χ2v) is 3.90. The van der Waals surface area contributed by atoms with E-state index in [0.717, 1.165) is 0 Å². The average molecular weight is 283 g/mol. The number of nitrogens with one attached hydrogen (secondary N) is 1. The average Bonchev–Trinajstić information content (AvgIpc) is 2.53. The Labute approximate surface area is 121 Å². The number of carbonyl (C=O) groups is 1. The molecule has 0 saturated carbocycles. The van der Waals surface area contributed by atoms with Crippen molar-refractivity contribution in [3.05, 3.63) is 47.9 Å². The molecule has 0 aliphatic rings. The van der Waals surface area contributed by atoms with E-state index in [2.05, 4.69) is 27.1 Å². The minimum Gasteiger partial charge on any atom is -0.494 e. The first-order valence-electron chi connectivity index (χ1n) is 6.10. The lowest BCUT2D eigenvalue weighted by atomic mass is 10.2. The van der Waals surface area contributed by atoms with E-state index in [1.807, 2.05) is 0 Å². The number of aliphatic hydroxyl groups excluding tert-OH is 1. The molecule has 0 aliphatic heterocycles. The van der Waals surface area contributed by atoms with Crippen LogP contribution in [0.25, 0.3) is 0 Å². The number of amides is 1. The van der Waals surface area contributed by atoms with Gasteiger partial charge in [-0.05, 0) is 24.1 Å². The highest BCUT2D eigenvalue weighted by atomic mass is 16.5. The molecule has 0 unspecified atom stereocenters. The second-order valence-electron chi connectivity index (χ2n) is 3.90. The Morgan fingerprint density at radius 3 is 3.05 bits per heavy atom. The molecule has 2 heterocycles. The first-order valence-corrected chi connectivity index (χ1v) is 6.10. The summed E-state index contributed by atoms with van der Waals surface area (Å²) in [4.78, 5) is 20.2. The van der Waals surface area contributed by atoms with Crippen LogP contribution >= 0.6 is 0 Å². The molecule has 2 N–H and O–H groups in total. The molecular weight excluding hydrogens is 270 g/mol. The summed E-state index contributed by atoms with van der Waals surface area (Å²) in [6.07, 6.45) is 2.97. The summed E-state index contributed by atoms with van der Waals surface area (Å²) in [7, 11) is 1.47. The van der Waals surface area contributed by atoms with Gasteiger partial charge in [-0.3, -0.25) is 9.78 Å². The minimum atomic E-state index is -0.353. The molecule has 106 valence electrons. The Hall–Kier alpha value is -2.91. The third kappa shape index (κ3) is 3.78. The number of methoxy groups -OCH3 is 1. The summed E-state index contributed by atoms with van der Waals surface area (Å²) in [5, 5.41) is 11.3. The smallest absolute Gasteiger partial charge is 0.260 e. The maximum atomic E-state index is 12.2. The highest BCUT2D eigenvalue weighted by Gasteiger charge is 2.12. The molecule has 21 heavy (non-hydrogen) atoms. The largest absolute Gasteiger partial charge is 0.494 e. The molecule has 2 aromatic heterocycles. The number of rotatable bonds is 3. The Morgan fingerprint density at radius 2 is 2.29 bits per heavy atom. The molecule has 0 saturated heterocycles. The Bertz CT molecular complexity index is 705. The molecule has 0 spiro atoms. The van der Waals surface area contributed by atoms with E-state index in [0.29, 0.717) is 22.8 Å². The highest BCUT2D eigenvalue weighted by Crippen LogP contribution is 2.17. The minimum absolute atomic E-state index is 0.244. The molecule has 0 fully saturated rings. The second kappa shape index (κ2) is 7.03. The number of ether oxygens (including phenoxy) is 1. The maximum Gasteiger partial charge on any atom is 0.260 e. The summed E-state index contributed by atoms with van der Waals surface area (Å²) in [5.74, 6) is 5.56. The lowest BCUT2D eigenvalue weighted by Crippen LogP contribution is -2.14. The monoisotopic (exact) mass is 283 g/mol.